The Labute approximate surface area is 134 Å². The van der Waals surface area contributed by atoms with E-state index in [1.165, 1.54) is 86.2 Å². The minimum Gasteiger partial charge on any atom is -0.308 e. The van der Waals surface area contributed by atoms with Crippen molar-refractivity contribution in [2.45, 2.75) is 90.0 Å². The van der Waals surface area contributed by atoms with E-state index in [0.29, 0.717) is 0 Å². The van der Waals surface area contributed by atoms with Gasteiger partial charge in [0.25, 0.3) is 0 Å². The van der Waals surface area contributed by atoms with Gasteiger partial charge in [0.1, 0.15) is 5.01 Å². The first kappa shape index (κ1) is 17.0. The highest BCUT2D eigenvalue weighted by atomic mass is 32.1. The lowest BCUT2D eigenvalue weighted by atomic mass is 9.86. The second-order valence-corrected chi connectivity index (χ2v) is 7.88. The van der Waals surface area contributed by atoms with Crippen molar-refractivity contribution in [3.63, 3.8) is 0 Å². The van der Waals surface area contributed by atoms with E-state index in [2.05, 4.69) is 26.2 Å². The zero-order valence-corrected chi connectivity index (χ0v) is 15.0. The summed E-state index contributed by atoms with van der Waals surface area (Å²) in [5.41, 5.74) is 1.35. The normalized spacial score (nSPS) is 21.5. The van der Waals surface area contributed by atoms with Crippen LogP contribution in [0.25, 0.3) is 0 Å². The Balaban J connectivity index is 2.14. The predicted octanol–water partition coefficient (Wildman–Crippen LogP) is 5.48. The molecule has 1 aromatic heterocycles. The molecule has 0 radical (unpaired) electrons. The molecule has 0 aliphatic heterocycles. The minimum absolute atomic E-state index is 0.128. The van der Waals surface area contributed by atoms with Crippen LogP contribution in [-0.2, 0) is 5.54 Å². The third-order valence-electron chi connectivity index (χ3n) is 5.12. The first-order valence-corrected chi connectivity index (χ1v) is 9.63. The number of hydrogen-bond acceptors (Lipinski definition) is 3. The molecule has 1 aromatic rings. The van der Waals surface area contributed by atoms with Crippen molar-refractivity contribution in [2.75, 3.05) is 7.05 Å². The van der Waals surface area contributed by atoms with Crippen molar-refractivity contribution in [3.05, 3.63) is 15.6 Å². The van der Waals surface area contributed by atoms with Crippen LogP contribution in [-0.4, -0.2) is 12.0 Å². The lowest BCUT2D eigenvalue weighted by Crippen LogP contribution is -2.40. The Hall–Kier alpha value is -0.410. The molecule has 1 N–H and O–H groups in total. The standard InChI is InChI=1S/C18H32N2S/c1-15-16(2)21-17(20-15)18(19-3)13-11-9-7-5-4-6-8-10-12-14-18/h19H,4-14H2,1-3H3. The van der Waals surface area contributed by atoms with Crippen LogP contribution in [0.5, 0.6) is 0 Å². The van der Waals surface area contributed by atoms with Crippen LogP contribution in [0.3, 0.4) is 0 Å². The summed E-state index contributed by atoms with van der Waals surface area (Å²) >= 11 is 1.91. The van der Waals surface area contributed by atoms with Gasteiger partial charge in [-0.2, -0.15) is 0 Å². The van der Waals surface area contributed by atoms with E-state index < -0.39 is 0 Å². The Bertz CT molecular complexity index is 393. The third-order valence-corrected chi connectivity index (χ3v) is 6.40. The largest absolute Gasteiger partial charge is 0.308 e. The van der Waals surface area contributed by atoms with Gasteiger partial charge >= 0.3 is 0 Å². The number of thiazole rings is 1. The third kappa shape index (κ3) is 4.53. The van der Waals surface area contributed by atoms with Gasteiger partial charge in [0.2, 0.25) is 0 Å². The number of nitrogens with one attached hydrogen (secondary N) is 1. The Kier molecular flexibility index (Phi) is 6.69. The molecule has 0 bridgehead atoms. The predicted molar refractivity (Wildman–Crippen MR) is 93.1 cm³/mol. The molecule has 1 saturated carbocycles. The lowest BCUT2D eigenvalue weighted by molar-refractivity contribution is 0.281. The summed E-state index contributed by atoms with van der Waals surface area (Å²) < 4.78 is 0. The van der Waals surface area contributed by atoms with Gasteiger partial charge in [0.05, 0.1) is 11.2 Å². The highest BCUT2D eigenvalue weighted by Gasteiger charge is 2.33. The van der Waals surface area contributed by atoms with Crippen molar-refractivity contribution >= 4 is 11.3 Å². The van der Waals surface area contributed by atoms with Crippen molar-refractivity contribution in [2.24, 2.45) is 0 Å². The van der Waals surface area contributed by atoms with E-state index >= 15 is 0 Å². The average molecular weight is 309 g/mol. The van der Waals surface area contributed by atoms with Crippen molar-refractivity contribution in [1.82, 2.24) is 10.3 Å². The summed E-state index contributed by atoms with van der Waals surface area (Å²) in [7, 11) is 2.14. The Morgan fingerprint density at radius 3 is 1.71 bits per heavy atom. The second-order valence-electron chi connectivity index (χ2n) is 6.67. The number of aromatic nitrogens is 1. The van der Waals surface area contributed by atoms with Gasteiger partial charge in [-0.1, -0.05) is 57.8 Å². The van der Waals surface area contributed by atoms with E-state index in [4.69, 9.17) is 4.98 Å². The van der Waals surface area contributed by atoms with Gasteiger partial charge in [-0.25, -0.2) is 4.98 Å². The van der Waals surface area contributed by atoms with Gasteiger partial charge < -0.3 is 5.32 Å². The van der Waals surface area contributed by atoms with Gasteiger partial charge in [-0.3, -0.25) is 0 Å². The summed E-state index contributed by atoms with van der Waals surface area (Å²) in [5.74, 6) is 0. The fourth-order valence-electron chi connectivity index (χ4n) is 3.46. The minimum atomic E-state index is 0.128. The SMILES string of the molecule is CNC1(c2nc(C)c(C)s2)CCCCCCCCCCC1. The molecule has 1 fully saturated rings. The van der Waals surface area contributed by atoms with Crippen molar-refractivity contribution in [3.8, 4) is 0 Å². The van der Waals surface area contributed by atoms with Gasteiger partial charge in [-0.05, 0) is 33.7 Å². The highest BCUT2D eigenvalue weighted by Crippen LogP contribution is 2.36. The number of nitrogens with zero attached hydrogens (tertiary/aromatic N) is 1. The molecule has 0 amide bonds. The van der Waals surface area contributed by atoms with Crippen LogP contribution >= 0.6 is 11.3 Å². The summed E-state index contributed by atoms with van der Waals surface area (Å²) in [6, 6.07) is 0. The Morgan fingerprint density at radius 1 is 0.857 bits per heavy atom. The van der Waals surface area contributed by atoms with Gasteiger partial charge in [0.15, 0.2) is 0 Å². The second kappa shape index (κ2) is 8.28. The van der Waals surface area contributed by atoms with Crippen LogP contribution < -0.4 is 5.32 Å². The molecule has 0 saturated heterocycles. The summed E-state index contributed by atoms with van der Waals surface area (Å²) in [6.07, 6.45) is 15.1. The van der Waals surface area contributed by atoms with Crippen molar-refractivity contribution < 1.29 is 0 Å². The molecular formula is C18H32N2S. The van der Waals surface area contributed by atoms with Crippen molar-refractivity contribution in [1.29, 1.82) is 0 Å². The topological polar surface area (TPSA) is 24.9 Å². The number of hydrogen-bond donors (Lipinski definition) is 1. The number of rotatable bonds is 2. The lowest BCUT2D eigenvalue weighted by Gasteiger charge is -2.32. The van der Waals surface area contributed by atoms with Gasteiger partial charge in [-0.15, -0.1) is 11.3 Å². The molecule has 3 heteroatoms. The first-order chi connectivity index (χ1) is 10.2. The monoisotopic (exact) mass is 308 g/mol. The fourth-order valence-corrected chi connectivity index (χ4v) is 4.63. The quantitative estimate of drug-likeness (QED) is 0.782. The molecule has 2 rings (SSSR count). The highest BCUT2D eigenvalue weighted by molar-refractivity contribution is 7.11. The average Bonchev–Trinajstić information content (AvgIpc) is 2.80. The molecule has 120 valence electrons. The van der Waals surface area contributed by atoms with Crippen LogP contribution in [0.15, 0.2) is 0 Å². The van der Waals surface area contributed by atoms with Crippen LogP contribution in [0.1, 0.15) is 86.2 Å². The maximum atomic E-state index is 4.90. The van der Waals surface area contributed by atoms with E-state index in [1.807, 2.05) is 11.3 Å². The first-order valence-electron chi connectivity index (χ1n) is 8.81. The summed E-state index contributed by atoms with van der Waals surface area (Å²) in [5, 5.41) is 5.00. The van der Waals surface area contributed by atoms with E-state index in [0.717, 1.165) is 0 Å². The summed E-state index contributed by atoms with van der Waals surface area (Å²) in [4.78, 5) is 6.28. The van der Waals surface area contributed by atoms with Crippen LogP contribution in [0.4, 0.5) is 0 Å². The zero-order valence-electron chi connectivity index (χ0n) is 14.1. The zero-order chi connectivity index (χ0) is 15.1. The fraction of sp³-hybridized carbons (Fsp3) is 0.833. The molecule has 0 unspecified atom stereocenters. The molecule has 0 spiro atoms. The molecule has 21 heavy (non-hydrogen) atoms. The van der Waals surface area contributed by atoms with E-state index in [1.54, 1.807) is 0 Å². The molecule has 1 heterocycles. The van der Waals surface area contributed by atoms with E-state index in [9.17, 15) is 0 Å². The number of aryl methyl sites for hydroxylation is 2. The van der Waals surface area contributed by atoms with E-state index in [-0.39, 0.29) is 5.54 Å². The molecule has 0 aromatic carbocycles. The van der Waals surface area contributed by atoms with Crippen LogP contribution in [0.2, 0.25) is 0 Å². The maximum Gasteiger partial charge on any atom is 0.113 e. The molecule has 1 aliphatic rings. The Morgan fingerprint density at radius 2 is 1.33 bits per heavy atom. The molecule has 1 aliphatic carbocycles. The summed E-state index contributed by atoms with van der Waals surface area (Å²) in [6.45, 7) is 4.35. The maximum absolute atomic E-state index is 4.90. The van der Waals surface area contributed by atoms with Crippen LogP contribution in [0, 0.1) is 13.8 Å². The molecular weight excluding hydrogens is 276 g/mol. The van der Waals surface area contributed by atoms with Gasteiger partial charge in [0, 0.05) is 4.88 Å². The smallest absolute Gasteiger partial charge is 0.113 e. The molecule has 0 atom stereocenters. The molecule has 2 nitrogen and oxygen atoms in total.